The Morgan fingerprint density at radius 3 is 2.37 bits per heavy atom. The van der Waals surface area contributed by atoms with Gasteiger partial charge in [-0.1, -0.05) is 30.4 Å². The lowest BCUT2D eigenvalue weighted by molar-refractivity contribution is 0.0997. The first-order chi connectivity index (χ1) is 16.8. The molecule has 0 aliphatic heterocycles. The fourth-order valence-electron chi connectivity index (χ4n) is 3.50. The molecule has 1 heterocycles. The quantitative estimate of drug-likeness (QED) is 0.384. The Morgan fingerprint density at radius 2 is 1.80 bits per heavy atom. The molecule has 0 bridgehead atoms. The minimum Gasteiger partial charge on any atom is -0.312 e. The highest BCUT2D eigenvalue weighted by Gasteiger charge is 2.24. The summed E-state index contributed by atoms with van der Waals surface area (Å²) in [6.07, 6.45) is 2.67. The van der Waals surface area contributed by atoms with Crippen LogP contribution in [0.1, 0.15) is 35.7 Å². The molecule has 0 atom stereocenters. The second kappa shape index (κ2) is 11.7. The van der Waals surface area contributed by atoms with Crippen molar-refractivity contribution in [1.29, 1.82) is 10.5 Å². The molecule has 0 spiro atoms. The Morgan fingerprint density at radius 1 is 1.14 bits per heavy atom. The van der Waals surface area contributed by atoms with Gasteiger partial charge in [-0.3, -0.25) is 4.79 Å². The Balaban J connectivity index is 1.94. The van der Waals surface area contributed by atoms with Gasteiger partial charge in [0, 0.05) is 38.0 Å². The predicted molar refractivity (Wildman–Crippen MR) is 135 cm³/mol. The van der Waals surface area contributed by atoms with Crippen LogP contribution in [-0.4, -0.2) is 36.3 Å². The standard InChI is InChI=1S/C25H25N5O3S2/c1-3-15-30-22-12-7-19(4-2)18-23(22)34-25(30)28-24(31)20-8-10-21(11-9-20)35(32,33)29(16-5-13-26)17-6-14-27/h3,7-12,18H,1,4-6,15-17H2,2H3. The molecule has 180 valence electrons. The van der Waals surface area contributed by atoms with E-state index in [2.05, 4.69) is 30.6 Å². The number of sulfonamides is 1. The van der Waals surface area contributed by atoms with Crippen LogP contribution >= 0.6 is 11.3 Å². The first kappa shape index (κ1) is 26.0. The van der Waals surface area contributed by atoms with Crippen molar-refractivity contribution in [2.75, 3.05) is 13.1 Å². The lowest BCUT2D eigenvalue weighted by atomic mass is 10.2. The van der Waals surface area contributed by atoms with E-state index in [0.717, 1.165) is 20.9 Å². The molecule has 3 aromatic rings. The van der Waals surface area contributed by atoms with Crippen molar-refractivity contribution in [2.24, 2.45) is 4.99 Å². The van der Waals surface area contributed by atoms with Gasteiger partial charge in [0.2, 0.25) is 10.0 Å². The number of aryl methyl sites for hydroxylation is 1. The van der Waals surface area contributed by atoms with Crippen molar-refractivity contribution in [2.45, 2.75) is 37.6 Å². The van der Waals surface area contributed by atoms with E-state index in [1.807, 2.05) is 22.8 Å². The first-order valence-electron chi connectivity index (χ1n) is 11.0. The van der Waals surface area contributed by atoms with Gasteiger partial charge in [-0.15, -0.1) is 6.58 Å². The fraction of sp³-hybridized carbons (Fsp3) is 0.280. The topological polar surface area (TPSA) is 119 Å². The highest BCUT2D eigenvalue weighted by Crippen LogP contribution is 2.21. The van der Waals surface area contributed by atoms with Crippen LogP contribution in [-0.2, 0) is 23.0 Å². The van der Waals surface area contributed by atoms with Crippen molar-refractivity contribution in [1.82, 2.24) is 8.87 Å². The van der Waals surface area contributed by atoms with Crippen LogP contribution in [0.2, 0.25) is 0 Å². The lowest BCUT2D eigenvalue weighted by Crippen LogP contribution is -2.32. The molecule has 1 aromatic heterocycles. The molecule has 2 aromatic carbocycles. The molecular formula is C25H25N5O3S2. The summed E-state index contributed by atoms with van der Waals surface area (Å²) in [5.41, 5.74) is 2.41. The van der Waals surface area contributed by atoms with E-state index in [0.29, 0.717) is 11.3 Å². The van der Waals surface area contributed by atoms with Crippen LogP contribution in [0.25, 0.3) is 10.2 Å². The zero-order chi connectivity index (χ0) is 25.4. The van der Waals surface area contributed by atoms with Crippen LogP contribution in [0.15, 0.2) is 65.0 Å². The molecule has 1 amide bonds. The molecule has 8 nitrogen and oxygen atoms in total. The van der Waals surface area contributed by atoms with Crippen molar-refractivity contribution >= 4 is 37.5 Å². The SMILES string of the molecule is C=CCn1c(=NC(=O)c2ccc(S(=O)(=O)N(CCC#N)CCC#N)cc2)sc2cc(CC)ccc21. The van der Waals surface area contributed by atoms with Crippen LogP contribution in [0.5, 0.6) is 0 Å². The van der Waals surface area contributed by atoms with Crippen LogP contribution < -0.4 is 4.80 Å². The normalized spacial score (nSPS) is 11.9. The molecule has 0 aliphatic rings. The lowest BCUT2D eigenvalue weighted by Gasteiger charge is -2.20. The molecule has 0 radical (unpaired) electrons. The molecule has 0 saturated carbocycles. The average molecular weight is 508 g/mol. The Hall–Kier alpha value is -3.57. The van der Waals surface area contributed by atoms with Crippen molar-refractivity contribution in [3.8, 4) is 12.1 Å². The zero-order valence-corrected chi connectivity index (χ0v) is 21.0. The summed E-state index contributed by atoms with van der Waals surface area (Å²) in [7, 11) is -3.91. The largest absolute Gasteiger partial charge is 0.312 e. The number of benzene rings is 2. The van der Waals surface area contributed by atoms with E-state index in [1.165, 1.54) is 41.2 Å². The minimum absolute atomic E-state index is 0.00842. The Bertz CT molecular complexity index is 1470. The van der Waals surface area contributed by atoms with Gasteiger partial charge in [-0.25, -0.2) is 8.42 Å². The van der Waals surface area contributed by atoms with Gasteiger partial charge in [-0.2, -0.15) is 19.8 Å². The third-order valence-corrected chi connectivity index (χ3v) is 8.30. The first-order valence-corrected chi connectivity index (χ1v) is 13.3. The number of carbonyl (C=O) groups is 1. The second-order valence-electron chi connectivity index (χ2n) is 7.60. The number of amides is 1. The molecule has 0 N–H and O–H groups in total. The number of thiazole rings is 1. The molecule has 0 fully saturated rings. The number of aromatic nitrogens is 1. The van der Waals surface area contributed by atoms with E-state index in [1.54, 1.807) is 6.08 Å². The summed E-state index contributed by atoms with van der Waals surface area (Å²) in [6.45, 7) is 6.36. The summed E-state index contributed by atoms with van der Waals surface area (Å²) in [5.74, 6) is -0.486. The molecule has 0 unspecified atom stereocenters. The molecule has 10 heteroatoms. The summed E-state index contributed by atoms with van der Waals surface area (Å²) in [4.78, 5) is 17.8. The van der Waals surface area contributed by atoms with Crippen molar-refractivity contribution < 1.29 is 13.2 Å². The van der Waals surface area contributed by atoms with E-state index in [9.17, 15) is 13.2 Å². The Kier molecular flexibility index (Phi) is 8.72. The van der Waals surface area contributed by atoms with Gasteiger partial charge in [0.1, 0.15) is 0 Å². The molecular weight excluding hydrogens is 482 g/mol. The second-order valence-corrected chi connectivity index (χ2v) is 10.5. The summed E-state index contributed by atoms with van der Waals surface area (Å²) >= 11 is 1.42. The van der Waals surface area contributed by atoms with Crippen LogP contribution in [0.3, 0.4) is 0 Å². The third kappa shape index (κ3) is 5.92. The number of hydrogen-bond acceptors (Lipinski definition) is 6. The maximum atomic E-state index is 13.0. The monoisotopic (exact) mass is 507 g/mol. The van der Waals surface area contributed by atoms with Gasteiger partial charge in [0.25, 0.3) is 5.91 Å². The average Bonchev–Trinajstić information content (AvgIpc) is 3.20. The molecule has 0 saturated heterocycles. The van der Waals surface area contributed by atoms with E-state index < -0.39 is 15.9 Å². The van der Waals surface area contributed by atoms with Crippen molar-refractivity contribution in [3.63, 3.8) is 0 Å². The van der Waals surface area contributed by atoms with Gasteiger partial charge in [-0.05, 0) is 48.4 Å². The van der Waals surface area contributed by atoms with Crippen molar-refractivity contribution in [3.05, 3.63) is 71.0 Å². The number of fused-ring (bicyclic) bond motifs is 1. The summed E-state index contributed by atoms with van der Waals surface area (Å²) < 4.78 is 30.0. The van der Waals surface area contributed by atoms with Crippen LogP contribution in [0.4, 0.5) is 0 Å². The number of nitrogens with zero attached hydrogens (tertiary/aromatic N) is 5. The van der Waals surface area contributed by atoms with Gasteiger partial charge < -0.3 is 4.57 Å². The summed E-state index contributed by atoms with van der Waals surface area (Å²) in [6, 6.07) is 15.5. The number of hydrogen-bond donors (Lipinski definition) is 0. The predicted octanol–water partition coefficient (Wildman–Crippen LogP) is 4.01. The number of nitriles is 2. The number of rotatable bonds is 10. The minimum atomic E-state index is -3.91. The fourth-order valence-corrected chi connectivity index (χ4v) is 6.04. The zero-order valence-electron chi connectivity index (χ0n) is 19.3. The van der Waals surface area contributed by atoms with E-state index >= 15 is 0 Å². The van der Waals surface area contributed by atoms with E-state index in [-0.39, 0.29) is 36.4 Å². The Labute approximate surface area is 208 Å². The number of carbonyl (C=O) groups excluding carboxylic acids is 1. The molecule has 35 heavy (non-hydrogen) atoms. The van der Waals surface area contributed by atoms with Gasteiger partial charge >= 0.3 is 0 Å². The van der Waals surface area contributed by atoms with Gasteiger partial charge in [0.15, 0.2) is 4.80 Å². The van der Waals surface area contributed by atoms with Crippen LogP contribution in [0, 0.1) is 22.7 Å². The van der Waals surface area contributed by atoms with E-state index in [4.69, 9.17) is 10.5 Å². The third-order valence-electron chi connectivity index (χ3n) is 5.35. The molecule has 0 aliphatic carbocycles. The van der Waals surface area contributed by atoms with Gasteiger partial charge in [0.05, 0.1) is 27.3 Å². The smallest absolute Gasteiger partial charge is 0.279 e. The molecule has 3 rings (SSSR count). The highest BCUT2D eigenvalue weighted by molar-refractivity contribution is 7.89. The maximum absolute atomic E-state index is 13.0. The maximum Gasteiger partial charge on any atom is 0.279 e. The highest BCUT2D eigenvalue weighted by atomic mass is 32.2. The number of allylic oxidation sites excluding steroid dienone is 1. The summed E-state index contributed by atoms with van der Waals surface area (Å²) in [5, 5.41) is 17.7.